The molecule has 9 nitrogen and oxygen atoms in total. The quantitative estimate of drug-likeness (QED) is 0.471. The molecule has 2 N–H and O–H groups in total. The van der Waals surface area contributed by atoms with Crippen LogP contribution in [0.25, 0.3) is 11.3 Å². The molecular weight excluding hydrogens is 436 g/mol. The highest BCUT2D eigenvalue weighted by Gasteiger charge is 2.42. The summed E-state index contributed by atoms with van der Waals surface area (Å²) < 4.78 is 6.00. The number of nitrogens with zero attached hydrogens (tertiary/aromatic N) is 2. The number of hydrogen-bond donors (Lipinski definition) is 2. The Hall–Kier alpha value is -4.27. The lowest BCUT2D eigenvalue weighted by Gasteiger charge is -2.23. The van der Waals surface area contributed by atoms with Gasteiger partial charge in [-0.25, -0.2) is 4.98 Å². The lowest BCUT2D eigenvalue weighted by molar-refractivity contribution is -0.127. The van der Waals surface area contributed by atoms with E-state index in [2.05, 4.69) is 15.3 Å². The average molecular weight is 460 g/mol. The largest absolute Gasteiger partial charge is 0.488 e. The molecule has 1 unspecified atom stereocenters. The smallest absolute Gasteiger partial charge is 0.290 e. The molecule has 0 saturated carbocycles. The first-order valence-corrected chi connectivity index (χ1v) is 10.9. The second kappa shape index (κ2) is 10.6. The van der Waals surface area contributed by atoms with Crippen LogP contribution in [0, 0.1) is 0 Å². The summed E-state index contributed by atoms with van der Waals surface area (Å²) in [7, 11) is 0. The van der Waals surface area contributed by atoms with Gasteiger partial charge in [-0.1, -0.05) is 48.5 Å². The van der Waals surface area contributed by atoms with Crippen LogP contribution in [0.2, 0.25) is 0 Å². The van der Waals surface area contributed by atoms with Crippen molar-refractivity contribution in [1.82, 2.24) is 20.2 Å². The first kappa shape index (κ1) is 22.9. The third-order valence-corrected chi connectivity index (χ3v) is 5.58. The van der Waals surface area contributed by atoms with Gasteiger partial charge in [0, 0.05) is 12.8 Å². The Morgan fingerprint density at radius 2 is 1.82 bits per heavy atom. The highest BCUT2D eigenvalue weighted by atomic mass is 16.5. The van der Waals surface area contributed by atoms with Crippen LogP contribution in [0.3, 0.4) is 0 Å². The summed E-state index contributed by atoms with van der Waals surface area (Å²) >= 11 is 0. The van der Waals surface area contributed by atoms with Gasteiger partial charge in [-0.15, -0.1) is 0 Å². The van der Waals surface area contributed by atoms with Crippen LogP contribution in [0.4, 0.5) is 0 Å². The van der Waals surface area contributed by atoms with Gasteiger partial charge in [0.25, 0.3) is 5.91 Å². The van der Waals surface area contributed by atoms with Crippen LogP contribution in [0.15, 0.2) is 66.9 Å². The molecule has 0 radical (unpaired) electrons. The molecule has 1 aliphatic heterocycles. The number of hydrogen-bond acceptors (Lipinski definition) is 6. The van der Waals surface area contributed by atoms with Gasteiger partial charge in [0.2, 0.25) is 5.91 Å². The van der Waals surface area contributed by atoms with E-state index in [0.717, 1.165) is 5.56 Å². The molecule has 1 saturated heterocycles. The molecule has 3 atom stereocenters. The maximum Gasteiger partial charge on any atom is 0.290 e. The van der Waals surface area contributed by atoms with Crippen molar-refractivity contribution in [3.63, 3.8) is 0 Å². The number of ether oxygens (including phenoxy) is 1. The first-order valence-electron chi connectivity index (χ1n) is 10.9. The predicted molar refractivity (Wildman–Crippen MR) is 123 cm³/mol. The Morgan fingerprint density at radius 3 is 2.50 bits per heavy atom. The fourth-order valence-corrected chi connectivity index (χ4v) is 3.91. The number of aromatic nitrogens is 2. The number of H-pyrrole nitrogens is 1. The minimum atomic E-state index is -0.954. The van der Waals surface area contributed by atoms with Crippen molar-refractivity contribution in [3.05, 3.63) is 72.7 Å². The highest BCUT2D eigenvalue weighted by Crippen LogP contribution is 2.25. The molecule has 2 aromatic carbocycles. The Balaban J connectivity index is 1.55. The van der Waals surface area contributed by atoms with Crippen LogP contribution < -0.4 is 10.1 Å². The molecule has 1 aliphatic rings. The number of aromatic amines is 1. The second-order valence-electron chi connectivity index (χ2n) is 7.93. The zero-order valence-electron chi connectivity index (χ0n) is 18.3. The molecule has 0 spiro atoms. The number of imidazole rings is 1. The van der Waals surface area contributed by atoms with Crippen molar-refractivity contribution in [3.8, 4) is 17.0 Å². The van der Waals surface area contributed by atoms with E-state index in [9.17, 15) is 19.2 Å². The lowest BCUT2D eigenvalue weighted by Crippen LogP contribution is -2.49. The summed E-state index contributed by atoms with van der Waals surface area (Å²) in [5.74, 6) is -0.269. The molecule has 34 heavy (non-hydrogen) atoms. The summed E-state index contributed by atoms with van der Waals surface area (Å²) in [6.07, 6.45) is 2.28. The molecule has 9 heteroatoms. The molecule has 2 heterocycles. The third-order valence-electron chi connectivity index (χ3n) is 5.58. The maximum absolute atomic E-state index is 13.4. The van der Waals surface area contributed by atoms with E-state index in [1.807, 2.05) is 48.5 Å². The van der Waals surface area contributed by atoms with Gasteiger partial charge in [0.15, 0.2) is 5.82 Å². The van der Waals surface area contributed by atoms with Crippen LogP contribution >= 0.6 is 0 Å². The van der Waals surface area contributed by atoms with Crippen molar-refractivity contribution < 1.29 is 23.9 Å². The van der Waals surface area contributed by atoms with Gasteiger partial charge >= 0.3 is 0 Å². The van der Waals surface area contributed by atoms with E-state index in [0.29, 0.717) is 24.0 Å². The molecule has 4 rings (SSSR count). The van der Waals surface area contributed by atoms with Gasteiger partial charge in [-0.05, 0) is 17.7 Å². The Labute approximate surface area is 196 Å². The summed E-state index contributed by atoms with van der Waals surface area (Å²) in [6.45, 7) is 0.159. The number of para-hydroxylation sites is 1. The molecule has 3 aromatic rings. The summed E-state index contributed by atoms with van der Waals surface area (Å²) in [6, 6.07) is 16.7. The number of carbonyl (C=O) groups excluding carboxylic acids is 4. The van der Waals surface area contributed by atoms with Crippen molar-refractivity contribution in [2.24, 2.45) is 0 Å². The molecule has 0 aliphatic carbocycles. The number of carbonyl (C=O) groups is 4. The average Bonchev–Trinajstić information content (AvgIpc) is 3.52. The minimum absolute atomic E-state index is 0.0943. The van der Waals surface area contributed by atoms with E-state index in [-0.39, 0.29) is 25.2 Å². The zero-order valence-corrected chi connectivity index (χ0v) is 18.3. The molecule has 1 aromatic heterocycles. The summed E-state index contributed by atoms with van der Waals surface area (Å²) in [5.41, 5.74) is 1.55. The molecule has 2 amide bonds. The molecule has 0 bridgehead atoms. The summed E-state index contributed by atoms with van der Waals surface area (Å²) in [4.78, 5) is 57.0. The first-order chi connectivity index (χ1) is 16.6. The van der Waals surface area contributed by atoms with Gasteiger partial charge in [-0.3, -0.25) is 9.59 Å². The molecule has 174 valence electrons. The zero-order chi connectivity index (χ0) is 23.9. The third kappa shape index (κ3) is 5.20. The monoisotopic (exact) mass is 460 g/mol. The Morgan fingerprint density at radius 1 is 1.12 bits per heavy atom. The van der Waals surface area contributed by atoms with Gasteiger partial charge in [0.05, 0.1) is 24.5 Å². The molecular formula is C25H24N4O5. The van der Waals surface area contributed by atoms with Crippen LogP contribution in [0.1, 0.15) is 23.5 Å². The topological polar surface area (TPSA) is 121 Å². The highest BCUT2D eigenvalue weighted by molar-refractivity contribution is 5.96. The van der Waals surface area contributed by atoms with Gasteiger partial charge < -0.3 is 29.5 Å². The van der Waals surface area contributed by atoms with E-state index in [4.69, 9.17) is 4.74 Å². The standard InChI is InChI=1S/C25H24N4O5/c30-12-11-18(16-31)27-24(32)22-13-20(34-19-9-5-2-6-10-19)15-29(22)25(33)23-26-14-21(28-23)17-7-3-1-4-8-17/h1-10,12,14,16,18,20,22H,11,13,15H2,(H,26,28)(H,27,32)/t18-,20?,22-/m0/s1. The number of rotatable bonds is 9. The number of benzene rings is 2. The van der Waals surface area contributed by atoms with Crippen LogP contribution in [-0.2, 0) is 14.4 Å². The molecule has 1 fully saturated rings. The number of amides is 2. The SMILES string of the molecule is O=CC[C@@H](C=O)NC(=O)[C@@H]1CC(Oc2ccccc2)CN1C(=O)c1ncc(-c2ccccc2)[nH]1. The van der Waals surface area contributed by atoms with Crippen molar-refractivity contribution in [1.29, 1.82) is 0 Å². The number of likely N-dealkylation sites (tertiary alicyclic amines) is 1. The Bertz CT molecular complexity index is 1150. The second-order valence-corrected chi connectivity index (χ2v) is 7.93. The predicted octanol–water partition coefficient (Wildman–Crippen LogP) is 2.01. The Kier molecular flexibility index (Phi) is 7.12. The van der Waals surface area contributed by atoms with E-state index in [1.54, 1.807) is 18.3 Å². The van der Waals surface area contributed by atoms with Crippen molar-refractivity contribution >= 4 is 24.4 Å². The van der Waals surface area contributed by atoms with E-state index >= 15 is 0 Å². The number of nitrogens with one attached hydrogen (secondary N) is 2. The van der Waals surface area contributed by atoms with Crippen molar-refractivity contribution in [2.75, 3.05) is 6.54 Å². The fourth-order valence-electron chi connectivity index (χ4n) is 3.91. The normalized spacial score (nSPS) is 18.2. The van der Waals surface area contributed by atoms with E-state index in [1.165, 1.54) is 4.90 Å². The van der Waals surface area contributed by atoms with Gasteiger partial charge in [-0.2, -0.15) is 0 Å². The van der Waals surface area contributed by atoms with E-state index < -0.39 is 30.0 Å². The lowest BCUT2D eigenvalue weighted by atomic mass is 10.1. The van der Waals surface area contributed by atoms with Crippen molar-refractivity contribution in [2.45, 2.75) is 31.0 Å². The summed E-state index contributed by atoms with van der Waals surface area (Å²) in [5, 5.41) is 2.54. The minimum Gasteiger partial charge on any atom is -0.488 e. The van der Waals surface area contributed by atoms with Crippen LogP contribution in [-0.4, -0.2) is 64.0 Å². The fraction of sp³-hybridized carbons (Fsp3) is 0.240. The maximum atomic E-state index is 13.4. The van der Waals surface area contributed by atoms with Crippen LogP contribution in [0.5, 0.6) is 5.75 Å². The number of aldehydes is 2. The van der Waals surface area contributed by atoms with Gasteiger partial charge in [0.1, 0.15) is 30.5 Å².